The van der Waals surface area contributed by atoms with Gasteiger partial charge >= 0.3 is 24.1 Å². The normalized spacial score (nSPS) is 12.1. The summed E-state index contributed by atoms with van der Waals surface area (Å²) in [6.45, 7) is -0.0573. The van der Waals surface area contributed by atoms with Crippen LogP contribution >= 0.6 is 11.6 Å². The summed E-state index contributed by atoms with van der Waals surface area (Å²) >= 11 is 6.71. The molecule has 0 radical (unpaired) electrons. The first-order valence-electron chi connectivity index (χ1n) is 22.9. The van der Waals surface area contributed by atoms with E-state index in [1.54, 1.807) is 91.0 Å². The lowest BCUT2D eigenvalue weighted by molar-refractivity contribution is -0.152. The monoisotopic (exact) mass is 1040 g/mol. The minimum Gasteiger partial charge on any atom is -0.489 e. The van der Waals surface area contributed by atoms with Crippen LogP contribution in [0, 0.1) is 29.1 Å². The molecule has 14 nitrogen and oxygen atoms in total. The van der Waals surface area contributed by atoms with Crippen LogP contribution in [0.2, 0.25) is 5.02 Å². The molecule has 0 aromatic heterocycles. The number of ether oxygens (including phenoxy) is 5. The largest absolute Gasteiger partial charge is 0.489 e. The van der Waals surface area contributed by atoms with Crippen LogP contribution in [0.3, 0.4) is 0 Å². The zero-order valence-electron chi connectivity index (χ0n) is 39.9. The maximum Gasteiger partial charge on any atom is 0.408 e. The summed E-state index contributed by atoms with van der Waals surface area (Å²) in [5.41, 5.74) is 9.82. The van der Waals surface area contributed by atoms with Gasteiger partial charge in [-0.2, -0.15) is 8.78 Å². The Labute approximate surface area is 427 Å². The quantitative estimate of drug-likeness (QED) is 0.0112. The Hall–Kier alpha value is -8.03. The summed E-state index contributed by atoms with van der Waals surface area (Å²) in [5, 5.41) is 5.10. The molecule has 6 aromatic carbocycles. The van der Waals surface area contributed by atoms with E-state index in [-0.39, 0.29) is 55.5 Å². The van der Waals surface area contributed by atoms with Crippen LogP contribution in [0.1, 0.15) is 40.7 Å². The number of benzene rings is 6. The number of carbonyl (C=O) groups excluding carboxylic acids is 5. The number of hydrogen-bond acceptors (Lipinski definition) is 11. The van der Waals surface area contributed by atoms with Gasteiger partial charge in [-0.25, -0.2) is 32.3 Å². The Bertz CT molecular complexity index is 2900. The summed E-state index contributed by atoms with van der Waals surface area (Å²) in [5.74, 6) is -16.8. The number of nitrogens with one attached hydrogen (secondary N) is 2. The molecule has 0 aliphatic rings. The third-order valence-electron chi connectivity index (χ3n) is 11.5. The number of likely N-dealkylation sites (N-methyl/N-ethyl adjacent to an activating group) is 1. The molecule has 4 N–H and O–H groups in total. The molecule has 0 saturated carbocycles. The molecular formula is C54H50ClF5N4O10. The molecular weight excluding hydrogens is 995 g/mol. The highest BCUT2D eigenvalue weighted by Crippen LogP contribution is 2.33. The van der Waals surface area contributed by atoms with Crippen molar-refractivity contribution in [3.05, 3.63) is 189 Å². The van der Waals surface area contributed by atoms with Gasteiger partial charge in [0.25, 0.3) is 0 Å². The van der Waals surface area contributed by atoms with Gasteiger partial charge in [-0.05, 0) is 76.1 Å². The Morgan fingerprint density at radius 3 is 1.72 bits per heavy atom. The van der Waals surface area contributed by atoms with Gasteiger partial charge in [0.15, 0.2) is 0 Å². The van der Waals surface area contributed by atoms with Crippen molar-refractivity contribution in [3.63, 3.8) is 0 Å². The highest BCUT2D eigenvalue weighted by molar-refractivity contribution is 6.31. The van der Waals surface area contributed by atoms with Crippen LogP contribution in [-0.2, 0) is 61.3 Å². The van der Waals surface area contributed by atoms with Crippen molar-refractivity contribution in [3.8, 4) is 22.6 Å². The minimum absolute atomic E-state index is 0.00395. The number of carbonyl (C=O) groups is 5. The highest BCUT2D eigenvalue weighted by atomic mass is 35.5. The van der Waals surface area contributed by atoms with Crippen LogP contribution < -0.4 is 25.8 Å². The van der Waals surface area contributed by atoms with E-state index in [4.69, 9.17) is 41.0 Å². The van der Waals surface area contributed by atoms with Gasteiger partial charge in [-0.3, -0.25) is 4.79 Å². The Balaban J connectivity index is 1.25. The molecule has 388 valence electrons. The molecule has 0 spiro atoms. The molecule has 20 heteroatoms. The number of hydrogen-bond donors (Lipinski definition) is 3. The average Bonchev–Trinajstić information content (AvgIpc) is 3.42. The fraction of sp³-hybridized carbons (Fsp3) is 0.241. The Kier molecular flexibility index (Phi) is 19.9. The zero-order chi connectivity index (χ0) is 53.3. The topological polar surface area (TPSA) is 185 Å². The number of rotatable bonds is 22. The fourth-order valence-electron chi connectivity index (χ4n) is 7.42. The summed E-state index contributed by atoms with van der Waals surface area (Å²) in [6, 6.07) is 31.7. The van der Waals surface area contributed by atoms with Crippen LogP contribution in [0.25, 0.3) is 11.1 Å². The standard InChI is InChI=1S/C54H50ClF5N4O10/c1-64(50(65)40(61)19-12-24-62-53(68)72-30-33-15-8-4-9-16-33)42(52(67)70-2)28-37-25-35(20-22-39(37)55)36-21-23-43(71-29-32-13-6-3-7-14-32)38(26-36)27-41(63-54(69)73-31-34-17-10-5-11-18-34)51(66)74-49-47(59)45(57)44(56)46(58)48(49)60/h3-11,13-18,20-23,25-26,40-42H,12,19,24,27-31,61H2,1-2H3,(H,62,68)(H,63,69)/t40-,41-,42-/m0/s1. The van der Waals surface area contributed by atoms with E-state index in [0.717, 1.165) is 23.1 Å². The second kappa shape index (κ2) is 26.6. The van der Waals surface area contributed by atoms with Crippen LogP contribution in [0.4, 0.5) is 31.5 Å². The predicted molar refractivity (Wildman–Crippen MR) is 261 cm³/mol. The molecule has 6 aromatic rings. The van der Waals surface area contributed by atoms with Crippen molar-refractivity contribution < 1.29 is 69.6 Å². The van der Waals surface area contributed by atoms with E-state index in [1.165, 1.54) is 13.1 Å². The molecule has 0 unspecified atom stereocenters. The second-order valence-corrected chi connectivity index (χ2v) is 17.0. The number of nitrogens with two attached hydrogens (primary N) is 1. The van der Waals surface area contributed by atoms with E-state index in [0.29, 0.717) is 28.7 Å². The van der Waals surface area contributed by atoms with Crippen LogP contribution in [0.15, 0.2) is 127 Å². The van der Waals surface area contributed by atoms with Crippen molar-refractivity contribution in [2.75, 3.05) is 20.7 Å². The summed E-state index contributed by atoms with van der Waals surface area (Å²) in [7, 11) is 2.54. The maximum atomic E-state index is 14.8. The fourth-order valence-corrected chi connectivity index (χ4v) is 7.61. The zero-order valence-corrected chi connectivity index (χ0v) is 40.6. The highest BCUT2D eigenvalue weighted by Gasteiger charge is 2.34. The molecule has 0 aliphatic carbocycles. The number of esters is 2. The molecule has 3 amide bonds. The maximum absolute atomic E-state index is 14.8. The van der Waals surface area contributed by atoms with Gasteiger partial charge in [-0.15, -0.1) is 0 Å². The van der Waals surface area contributed by atoms with Crippen molar-refractivity contribution in [1.82, 2.24) is 15.5 Å². The van der Waals surface area contributed by atoms with Gasteiger partial charge in [0.05, 0.1) is 13.2 Å². The summed E-state index contributed by atoms with van der Waals surface area (Å²) in [6.07, 6.45) is -2.14. The van der Waals surface area contributed by atoms with Crippen LogP contribution in [0.5, 0.6) is 11.5 Å². The van der Waals surface area contributed by atoms with E-state index < -0.39 is 89.4 Å². The van der Waals surface area contributed by atoms with E-state index in [9.17, 15) is 45.9 Å². The van der Waals surface area contributed by atoms with Gasteiger partial charge in [-0.1, -0.05) is 115 Å². The SMILES string of the molecule is COC(=O)[C@H](Cc1cc(-c2ccc(OCc3ccccc3)c(C[C@H](NC(=O)OCc3ccccc3)C(=O)Oc3c(F)c(F)c(F)c(F)c3F)c2)ccc1Cl)N(C)C(=O)[C@@H](N)CCCNC(=O)OCc1ccccc1. The smallest absolute Gasteiger partial charge is 0.408 e. The second-order valence-electron chi connectivity index (χ2n) is 16.6. The number of alkyl carbamates (subject to hydrolysis) is 2. The first-order valence-corrected chi connectivity index (χ1v) is 23.3. The Morgan fingerprint density at radius 2 is 1.15 bits per heavy atom. The van der Waals surface area contributed by atoms with Crippen molar-refractivity contribution in [2.24, 2.45) is 5.73 Å². The number of amides is 3. The lowest BCUT2D eigenvalue weighted by Crippen LogP contribution is -2.50. The number of nitrogens with zero attached hydrogens (tertiary/aromatic N) is 1. The predicted octanol–water partition coefficient (Wildman–Crippen LogP) is 9.30. The lowest BCUT2D eigenvalue weighted by Gasteiger charge is -2.29. The third-order valence-corrected chi connectivity index (χ3v) is 11.8. The first kappa shape index (κ1) is 55.3. The molecule has 0 fully saturated rings. The molecule has 0 aliphatic heterocycles. The number of halogens is 6. The molecule has 74 heavy (non-hydrogen) atoms. The molecule has 0 bridgehead atoms. The van der Waals surface area contributed by atoms with E-state index in [1.807, 2.05) is 30.3 Å². The van der Waals surface area contributed by atoms with Crippen molar-refractivity contribution in [2.45, 2.75) is 63.6 Å². The van der Waals surface area contributed by atoms with Gasteiger partial charge < -0.3 is 45.0 Å². The number of methoxy groups -OCH3 is 1. The van der Waals surface area contributed by atoms with E-state index >= 15 is 0 Å². The third kappa shape index (κ3) is 15.0. The van der Waals surface area contributed by atoms with Gasteiger partial charge in [0.2, 0.25) is 40.7 Å². The van der Waals surface area contributed by atoms with Crippen LogP contribution in [-0.4, -0.2) is 73.8 Å². The van der Waals surface area contributed by atoms with E-state index in [2.05, 4.69) is 10.6 Å². The van der Waals surface area contributed by atoms with Gasteiger partial charge in [0.1, 0.15) is 37.7 Å². The summed E-state index contributed by atoms with van der Waals surface area (Å²) < 4.78 is 98.7. The molecule has 3 atom stereocenters. The average molecular weight is 1050 g/mol. The molecule has 0 heterocycles. The van der Waals surface area contributed by atoms with Gasteiger partial charge in [0, 0.05) is 31.5 Å². The lowest BCUT2D eigenvalue weighted by atomic mass is 9.95. The first-order chi connectivity index (χ1) is 35.5. The molecule has 0 saturated heterocycles. The minimum atomic E-state index is -2.48. The Morgan fingerprint density at radius 1 is 0.635 bits per heavy atom. The van der Waals surface area contributed by atoms with Crippen molar-refractivity contribution in [1.29, 1.82) is 0 Å². The summed E-state index contributed by atoms with van der Waals surface area (Å²) in [4.78, 5) is 67.4. The van der Waals surface area contributed by atoms with Crippen molar-refractivity contribution >= 4 is 41.6 Å². The molecule has 6 rings (SSSR count).